The Morgan fingerprint density at radius 3 is 1.46 bits per heavy atom. The molecule has 6 aromatic rings. The molecule has 14 rings (SSSR count). The summed E-state index contributed by atoms with van der Waals surface area (Å²) in [4.78, 5) is 94.6. The quantitative estimate of drug-likeness (QED) is 0.0417. The molecule has 8 aliphatic rings. The molecule has 2 saturated heterocycles. The van der Waals surface area contributed by atoms with Crippen LogP contribution in [-0.4, -0.2) is 147 Å². The molecule has 4 aromatic carbocycles. The van der Waals surface area contributed by atoms with Crippen LogP contribution in [0.25, 0.3) is 20.4 Å². The van der Waals surface area contributed by atoms with Gasteiger partial charge in [-0.25, -0.2) is 36.7 Å². The number of ether oxygens (including phenoxy) is 2. The van der Waals surface area contributed by atoms with Crippen LogP contribution >= 0.6 is 45.9 Å². The van der Waals surface area contributed by atoms with Gasteiger partial charge < -0.3 is 45.6 Å². The summed E-state index contributed by atoms with van der Waals surface area (Å²) in [5.41, 5.74) is -3.20. The third-order valence-corrected chi connectivity index (χ3v) is 27.2. The van der Waals surface area contributed by atoms with Crippen molar-refractivity contribution < 1.29 is 86.5 Å². The van der Waals surface area contributed by atoms with Gasteiger partial charge >= 0.3 is 18.3 Å². The first-order valence-corrected chi connectivity index (χ1v) is 40.6. The second-order valence-corrected chi connectivity index (χ2v) is 36.2. The number of carbonyl (C=O) groups excluding carboxylic acids is 5. The first-order valence-electron chi connectivity index (χ1n) is 35.2. The van der Waals surface area contributed by atoms with Crippen molar-refractivity contribution in [3.05, 3.63) is 130 Å². The molecule has 6 heterocycles. The van der Waals surface area contributed by atoms with Gasteiger partial charge in [-0.15, -0.1) is 0 Å². The lowest BCUT2D eigenvalue weighted by Gasteiger charge is -2.30. The van der Waals surface area contributed by atoms with E-state index in [0.29, 0.717) is 82.8 Å². The minimum Gasteiger partial charge on any atom is -0.479 e. The molecule has 6 fully saturated rings. The number of carbonyl (C=O) groups is 6. The maximum absolute atomic E-state index is 14.5. The maximum Gasteiger partial charge on any atom is 0.416 e. The number of nitrogens with two attached hydrogens (primary N) is 1. The van der Waals surface area contributed by atoms with Crippen molar-refractivity contribution in [1.29, 1.82) is 0 Å². The summed E-state index contributed by atoms with van der Waals surface area (Å²) in [6, 6.07) is 15.5. The molecular formula is C72H80Cl2F6N10O13S4. The van der Waals surface area contributed by atoms with Crippen LogP contribution in [-0.2, 0) is 61.2 Å². The summed E-state index contributed by atoms with van der Waals surface area (Å²) < 4.78 is 143. The zero-order valence-electron chi connectivity index (χ0n) is 58.0. The molecule has 107 heavy (non-hydrogen) atoms. The molecular weight excluding hydrogens is 1530 g/mol. The lowest BCUT2D eigenvalue weighted by atomic mass is 10.0. The fourth-order valence-corrected chi connectivity index (χ4v) is 18.0. The van der Waals surface area contributed by atoms with E-state index in [1.165, 1.54) is 56.7 Å². The Balaban J connectivity index is 0.000000182. The first-order chi connectivity index (χ1) is 50.4. The van der Waals surface area contributed by atoms with E-state index in [9.17, 15) is 77.1 Å². The highest BCUT2D eigenvalue weighted by Crippen LogP contribution is 2.49. The Hall–Kier alpha value is -7.82. The number of nitrogens with one attached hydrogen (secondary N) is 5. The van der Waals surface area contributed by atoms with Crippen LogP contribution in [0.15, 0.2) is 109 Å². The average Bonchev–Trinajstić information content (AvgIpc) is 1.58. The maximum atomic E-state index is 14.5. The minimum absolute atomic E-state index is 0.00221. The normalized spacial score (nSPS) is 27.8. The van der Waals surface area contributed by atoms with Gasteiger partial charge in [-0.3, -0.25) is 28.7 Å². The molecule has 0 unspecified atom stereocenters. The molecule has 4 saturated carbocycles. The number of aliphatic carboxylic acids is 1. The number of allylic oxidation sites excluding steroid dienone is 2. The van der Waals surface area contributed by atoms with E-state index in [1.54, 1.807) is 50.2 Å². The minimum atomic E-state index is -4.59. The van der Waals surface area contributed by atoms with E-state index in [1.807, 2.05) is 24.3 Å². The summed E-state index contributed by atoms with van der Waals surface area (Å²) in [6.45, 7) is 3.18. The van der Waals surface area contributed by atoms with Gasteiger partial charge in [0, 0.05) is 46.1 Å². The second kappa shape index (κ2) is 30.9. The molecule has 8 N–H and O–H groups in total. The number of fused-ring (bicyclic) bond motifs is 6. The van der Waals surface area contributed by atoms with Gasteiger partial charge in [0.1, 0.15) is 47.5 Å². The number of sulfonamides is 2. The third-order valence-electron chi connectivity index (χ3n) is 21.0. The Morgan fingerprint density at radius 2 is 1.05 bits per heavy atom. The molecule has 0 spiro atoms. The van der Waals surface area contributed by atoms with Gasteiger partial charge in [0.25, 0.3) is 16.3 Å². The van der Waals surface area contributed by atoms with E-state index in [0.717, 1.165) is 65.8 Å². The highest BCUT2D eigenvalue weighted by Gasteiger charge is 2.64. The molecule has 5 amide bonds. The van der Waals surface area contributed by atoms with E-state index in [4.69, 9.17) is 37.8 Å². The predicted molar refractivity (Wildman–Crippen MR) is 392 cm³/mol. The molecule has 0 radical (unpaired) electrons. The van der Waals surface area contributed by atoms with Crippen LogP contribution in [0, 0.1) is 11.8 Å². The van der Waals surface area contributed by atoms with Crippen molar-refractivity contribution in [3.8, 4) is 10.4 Å². The zero-order chi connectivity index (χ0) is 76.8. The van der Waals surface area contributed by atoms with Crippen molar-refractivity contribution >= 4 is 133 Å². The van der Waals surface area contributed by atoms with Crippen molar-refractivity contribution in [1.82, 2.24) is 35.1 Å². The van der Waals surface area contributed by atoms with E-state index < -0.39 is 142 Å². The number of anilines is 2. The van der Waals surface area contributed by atoms with Gasteiger partial charge in [-0.1, -0.05) is 108 Å². The highest BCUT2D eigenvalue weighted by atomic mass is 35.5. The molecule has 4 aliphatic carbocycles. The van der Waals surface area contributed by atoms with Crippen molar-refractivity contribution in [2.75, 3.05) is 23.7 Å². The highest BCUT2D eigenvalue weighted by molar-refractivity contribution is 7.91. The summed E-state index contributed by atoms with van der Waals surface area (Å²) in [7, 11) is -7.24. The van der Waals surface area contributed by atoms with Crippen LogP contribution in [0.1, 0.15) is 141 Å². The van der Waals surface area contributed by atoms with Crippen LogP contribution in [0.5, 0.6) is 10.4 Å². The Morgan fingerprint density at radius 1 is 0.617 bits per heavy atom. The van der Waals surface area contributed by atoms with E-state index in [-0.39, 0.29) is 62.5 Å². The standard InChI is InChI=1S/C36H39ClF3N5O6S2.C32H32ClF3N4O5S.C4H9NO2S/c1-34(14-15-34)53(49,50)44-32(48)35-19-22(35)8-5-3-2-4-6-11-27(41-24-10-7-9-21(16-24)36(38,39)40)31(47)45-20-25(18-28(45)30(46)43-35)51-33-42-26-13-12-23(37)17-29(26)52-33;33-20-11-12-23-26(14-20)46-30(38-23)45-22-15-25-27(41)39-31(29(43)44)16-19(31)7-4-2-1-3-5-10-24(28(42)40(25)17-22)37-21-9-6-8-18(13-21)32(34,35)36;1-4(2-3-4)8(5,6)7/h5,7-10,12-13,16-17,22,25,27-28,41H,2-4,6,11,14-15,18-20H2,1H3,(H,43,46)(H,44,48);4,6-9,11-14,19,22,24-25,37H,1-3,5,10,15-17H2,(H,39,41)(H,43,44);2-3H2,1H3,(H2,5,6,7)/b8-5-;7-4-;/t22-,25-,27+,28+,35-;19-,22-,24+,25+,31-;/m11./s1. The second-order valence-electron chi connectivity index (χ2n) is 29.1. The number of benzene rings is 4. The van der Waals surface area contributed by atoms with E-state index in [2.05, 4.69) is 36.0 Å². The number of hydrogen-bond donors (Lipinski definition) is 7. The zero-order valence-corrected chi connectivity index (χ0v) is 62.8. The topological polar surface area (TPSA) is 328 Å². The van der Waals surface area contributed by atoms with E-state index >= 15 is 0 Å². The summed E-state index contributed by atoms with van der Waals surface area (Å²) in [5.74, 6) is -5.13. The van der Waals surface area contributed by atoms with Crippen LogP contribution in [0.2, 0.25) is 10.0 Å². The fourth-order valence-electron chi connectivity index (χ4n) is 13.7. The van der Waals surface area contributed by atoms with Gasteiger partial charge in [0.05, 0.1) is 54.1 Å². The van der Waals surface area contributed by atoms with Crippen molar-refractivity contribution in [2.24, 2.45) is 17.0 Å². The first kappa shape index (κ1) is 78.8. The van der Waals surface area contributed by atoms with Crippen molar-refractivity contribution in [2.45, 2.75) is 199 Å². The lowest BCUT2D eigenvalue weighted by Crippen LogP contribution is -2.58. The Kier molecular flexibility index (Phi) is 22.8. The number of primary sulfonamides is 1. The number of nitrogens with zero attached hydrogens (tertiary/aromatic N) is 4. The van der Waals surface area contributed by atoms with Gasteiger partial charge in [0.15, 0.2) is 0 Å². The van der Waals surface area contributed by atoms with Gasteiger partial charge in [-0.2, -0.15) is 26.3 Å². The summed E-state index contributed by atoms with van der Waals surface area (Å²) in [5, 5.41) is 28.1. The molecule has 576 valence electrons. The number of amides is 5. The number of halogens is 8. The van der Waals surface area contributed by atoms with Crippen LogP contribution in [0.4, 0.5) is 37.7 Å². The average molecular weight is 1610 g/mol. The smallest absolute Gasteiger partial charge is 0.416 e. The molecule has 35 heteroatoms. The fraction of sp³-hybridized carbons (Fsp3) is 0.500. The largest absolute Gasteiger partial charge is 0.479 e. The molecule has 4 aliphatic heterocycles. The van der Waals surface area contributed by atoms with Crippen LogP contribution in [0.3, 0.4) is 0 Å². The number of carboxylic acid groups (broad SMARTS) is 1. The number of rotatable bonds is 13. The summed E-state index contributed by atoms with van der Waals surface area (Å²) in [6.07, 6.45) is 5.82. The Bertz CT molecular complexity index is 4710. The molecule has 10 atom stereocenters. The number of aromatic nitrogens is 2. The number of hydrogen-bond acceptors (Lipinski definition) is 18. The monoisotopic (exact) mass is 1600 g/mol. The van der Waals surface area contributed by atoms with Gasteiger partial charge in [-0.05, 0) is 164 Å². The molecule has 2 aromatic heterocycles. The third kappa shape index (κ3) is 18.2. The summed E-state index contributed by atoms with van der Waals surface area (Å²) >= 11 is 14.8. The van der Waals surface area contributed by atoms with Gasteiger partial charge in [0.2, 0.25) is 43.7 Å². The number of alkyl halides is 6. The SMILES string of the molecule is CC1(S(=O)(=O)NC(=O)[C@@]23C[C@H]2/C=C\CCCCC[C@H](Nc2cccc(C(F)(F)F)c2)C(=O)N2C[C@H](Oc4nc5ccc(Cl)cc5s4)C[C@H]2C(=O)N3)CC1.CC1(S(N)(=O)=O)CC1.O=C1N[C@]2(C(=O)O)C[C@H]2/C=C\CCCCC[C@H](Nc2cccc(C(F)(F)F)c2)C(=O)N2C[C@H](Oc3nc4ccc(Cl)cc4s3)C[C@@H]12. The predicted octanol–water partition coefficient (Wildman–Crippen LogP) is 12.3. The van der Waals surface area contributed by atoms with Crippen molar-refractivity contribution in [3.63, 3.8) is 0 Å². The number of thiazole rings is 2. The number of carboxylic acids is 1. The molecule has 23 nitrogen and oxygen atoms in total. The van der Waals surface area contributed by atoms with Crippen LogP contribution < -0.4 is 40.6 Å². The lowest BCUT2D eigenvalue weighted by molar-refractivity contribution is -0.145. The molecule has 0 bridgehead atoms. The Labute approximate surface area is 631 Å².